The SMILES string of the molecule is CCn1nnc2c1CCC1C(CCCCCCC(N)=O)C1CC2. The first kappa shape index (κ1) is 16.5. The fourth-order valence-corrected chi connectivity index (χ4v) is 4.54. The largest absolute Gasteiger partial charge is 0.370 e. The molecule has 0 saturated heterocycles. The van der Waals surface area contributed by atoms with E-state index in [2.05, 4.69) is 21.9 Å². The highest BCUT2D eigenvalue weighted by molar-refractivity contribution is 5.73. The highest BCUT2D eigenvalue weighted by atomic mass is 16.1. The van der Waals surface area contributed by atoms with Crippen molar-refractivity contribution in [3.8, 4) is 0 Å². The van der Waals surface area contributed by atoms with E-state index in [0.29, 0.717) is 6.42 Å². The molecule has 2 N–H and O–H groups in total. The molecule has 5 nitrogen and oxygen atoms in total. The van der Waals surface area contributed by atoms with Crippen LogP contribution < -0.4 is 5.73 Å². The van der Waals surface area contributed by atoms with Gasteiger partial charge >= 0.3 is 0 Å². The lowest BCUT2D eigenvalue weighted by atomic mass is 10.0. The van der Waals surface area contributed by atoms with E-state index in [0.717, 1.165) is 50.0 Å². The average molecular weight is 318 g/mol. The normalized spacial score (nSPS) is 26.0. The van der Waals surface area contributed by atoms with Crippen molar-refractivity contribution in [2.24, 2.45) is 23.5 Å². The summed E-state index contributed by atoms with van der Waals surface area (Å²) >= 11 is 0. The molecule has 0 spiro atoms. The Balaban J connectivity index is 1.40. The van der Waals surface area contributed by atoms with Gasteiger partial charge in [0.25, 0.3) is 0 Å². The van der Waals surface area contributed by atoms with Crippen LogP contribution in [-0.2, 0) is 24.2 Å². The summed E-state index contributed by atoms with van der Waals surface area (Å²) < 4.78 is 2.09. The third kappa shape index (κ3) is 3.93. The molecule has 2 aliphatic rings. The topological polar surface area (TPSA) is 73.8 Å². The van der Waals surface area contributed by atoms with Crippen LogP contribution in [0.5, 0.6) is 0 Å². The van der Waals surface area contributed by atoms with Gasteiger partial charge in [-0.3, -0.25) is 4.79 Å². The Hall–Kier alpha value is -1.39. The lowest BCUT2D eigenvalue weighted by Crippen LogP contribution is -2.09. The number of aryl methyl sites for hydroxylation is 2. The second-order valence-corrected chi connectivity index (χ2v) is 7.29. The third-order valence-corrected chi connectivity index (χ3v) is 5.87. The summed E-state index contributed by atoms with van der Waals surface area (Å²) in [6, 6.07) is 0. The Bertz CT molecular complexity index is 539. The minimum absolute atomic E-state index is 0.162. The Morgan fingerprint density at radius 1 is 1.17 bits per heavy atom. The molecule has 5 heteroatoms. The van der Waals surface area contributed by atoms with E-state index in [-0.39, 0.29) is 5.91 Å². The number of nitrogens with two attached hydrogens (primary N) is 1. The van der Waals surface area contributed by atoms with Crippen molar-refractivity contribution < 1.29 is 4.79 Å². The van der Waals surface area contributed by atoms with E-state index in [1.807, 2.05) is 0 Å². The molecule has 3 unspecified atom stereocenters. The van der Waals surface area contributed by atoms with Crippen LogP contribution in [0.15, 0.2) is 0 Å². The van der Waals surface area contributed by atoms with Crippen LogP contribution in [0.3, 0.4) is 0 Å². The number of aromatic nitrogens is 3. The molecule has 1 fully saturated rings. The van der Waals surface area contributed by atoms with Crippen LogP contribution in [0.25, 0.3) is 0 Å². The Labute approximate surface area is 139 Å². The number of rotatable bonds is 8. The summed E-state index contributed by atoms with van der Waals surface area (Å²) in [4.78, 5) is 10.7. The molecular formula is C18H30N4O. The van der Waals surface area contributed by atoms with E-state index in [4.69, 9.17) is 5.73 Å². The maximum Gasteiger partial charge on any atom is 0.217 e. The van der Waals surface area contributed by atoms with Gasteiger partial charge in [0.15, 0.2) is 0 Å². The van der Waals surface area contributed by atoms with Crippen LogP contribution in [0.2, 0.25) is 0 Å². The van der Waals surface area contributed by atoms with Crippen molar-refractivity contribution in [3.63, 3.8) is 0 Å². The summed E-state index contributed by atoms with van der Waals surface area (Å²) in [6.07, 6.45) is 11.5. The zero-order valence-corrected chi connectivity index (χ0v) is 14.3. The number of carbonyl (C=O) groups is 1. The third-order valence-electron chi connectivity index (χ3n) is 5.87. The fourth-order valence-electron chi connectivity index (χ4n) is 4.54. The molecule has 0 aliphatic heterocycles. The number of hydrogen-bond donors (Lipinski definition) is 1. The van der Waals surface area contributed by atoms with Crippen LogP contribution in [0, 0.1) is 17.8 Å². The van der Waals surface area contributed by atoms with Gasteiger partial charge in [-0.15, -0.1) is 5.10 Å². The van der Waals surface area contributed by atoms with Crippen LogP contribution in [0.1, 0.15) is 69.7 Å². The first-order valence-corrected chi connectivity index (χ1v) is 9.40. The van der Waals surface area contributed by atoms with Gasteiger partial charge in [0.1, 0.15) is 0 Å². The van der Waals surface area contributed by atoms with E-state index >= 15 is 0 Å². The lowest BCUT2D eigenvalue weighted by molar-refractivity contribution is -0.118. The number of nitrogens with zero attached hydrogens (tertiary/aromatic N) is 3. The molecule has 3 rings (SSSR count). The molecular weight excluding hydrogens is 288 g/mol. The van der Waals surface area contributed by atoms with E-state index in [9.17, 15) is 4.79 Å². The van der Waals surface area contributed by atoms with E-state index in [1.54, 1.807) is 0 Å². The number of primary amides is 1. The zero-order valence-electron chi connectivity index (χ0n) is 14.3. The molecule has 2 aliphatic carbocycles. The molecule has 1 heterocycles. The van der Waals surface area contributed by atoms with Crippen molar-refractivity contribution >= 4 is 5.91 Å². The second kappa shape index (κ2) is 7.45. The quantitative estimate of drug-likeness (QED) is 0.749. The van der Waals surface area contributed by atoms with Gasteiger partial charge in [-0.1, -0.05) is 24.5 Å². The highest BCUT2D eigenvalue weighted by Crippen LogP contribution is 2.55. The second-order valence-electron chi connectivity index (χ2n) is 7.29. The van der Waals surface area contributed by atoms with Crippen LogP contribution >= 0.6 is 0 Å². The van der Waals surface area contributed by atoms with Gasteiger partial charge in [-0.2, -0.15) is 0 Å². The maximum absolute atomic E-state index is 10.7. The zero-order chi connectivity index (χ0) is 16.2. The minimum atomic E-state index is -0.162. The van der Waals surface area contributed by atoms with Gasteiger partial charge in [0, 0.05) is 13.0 Å². The lowest BCUT2D eigenvalue weighted by Gasteiger charge is -2.09. The molecule has 1 saturated carbocycles. The molecule has 23 heavy (non-hydrogen) atoms. The van der Waals surface area contributed by atoms with E-state index < -0.39 is 0 Å². The molecule has 0 bridgehead atoms. The Kier molecular flexibility index (Phi) is 5.34. The van der Waals surface area contributed by atoms with Crippen molar-refractivity contribution in [1.29, 1.82) is 0 Å². The van der Waals surface area contributed by atoms with Crippen LogP contribution in [0.4, 0.5) is 0 Å². The van der Waals surface area contributed by atoms with Crippen molar-refractivity contribution in [1.82, 2.24) is 15.0 Å². The standard InChI is InChI=1S/C18H30N4O/c1-2-22-17-12-10-15-13(7-5-3-4-6-8-18(19)23)14(15)9-11-16(17)20-21-22/h13-15H,2-12H2,1H3,(H2,19,23). The minimum Gasteiger partial charge on any atom is -0.370 e. The summed E-state index contributed by atoms with van der Waals surface area (Å²) in [5.41, 5.74) is 7.82. The van der Waals surface area contributed by atoms with Gasteiger partial charge < -0.3 is 5.73 Å². The molecule has 1 amide bonds. The molecule has 0 radical (unpaired) electrons. The van der Waals surface area contributed by atoms with Crippen molar-refractivity contribution in [3.05, 3.63) is 11.4 Å². The van der Waals surface area contributed by atoms with Gasteiger partial charge in [-0.25, -0.2) is 4.68 Å². The number of amides is 1. The monoisotopic (exact) mass is 318 g/mol. The van der Waals surface area contributed by atoms with Gasteiger partial charge in [0.2, 0.25) is 5.91 Å². The highest BCUT2D eigenvalue weighted by Gasteiger charge is 2.48. The molecule has 0 aromatic carbocycles. The number of unbranched alkanes of at least 4 members (excludes halogenated alkanes) is 3. The number of hydrogen-bond acceptors (Lipinski definition) is 3. The maximum atomic E-state index is 10.7. The van der Waals surface area contributed by atoms with Gasteiger partial charge in [0.05, 0.1) is 11.4 Å². The van der Waals surface area contributed by atoms with Crippen molar-refractivity contribution in [2.75, 3.05) is 0 Å². The average Bonchev–Trinajstić information content (AvgIpc) is 3.00. The van der Waals surface area contributed by atoms with Gasteiger partial charge in [-0.05, 0) is 63.2 Å². The predicted octanol–water partition coefficient (Wildman–Crippen LogP) is 2.86. The Morgan fingerprint density at radius 3 is 2.65 bits per heavy atom. The molecule has 3 atom stereocenters. The first-order chi connectivity index (χ1) is 11.2. The Morgan fingerprint density at radius 2 is 1.91 bits per heavy atom. The summed E-state index contributed by atoms with van der Waals surface area (Å²) in [5, 5.41) is 8.68. The predicted molar refractivity (Wildman–Crippen MR) is 89.7 cm³/mol. The van der Waals surface area contributed by atoms with E-state index in [1.165, 1.54) is 43.5 Å². The smallest absolute Gasteiger partial charge is 0.217 e. The number of fused-ring (bicyclic) bond motifs is 2. The fraction of sp³-hybridized carbons (Fsp3) is 0.833. The molecule has 1 aromatic rings. The summed E-state index contributed by atoms with van der Waals surface area (Å²) in [5.74, 6) is 2.65. The first-order valence-electron chi connectivity index (χ1n) is 9.40. The summed E-state index contributed by atoms with van der Waals surface area (Å²) in [6.45, 7) is 3.08. The van der Waals surface area contributed by atoms with Crippen LogP contribution in [-0.4, -0.2) is 20.9 Å². The molecule has 1 aromatic heterocycles. The number of carbonyl (C=O) groups excluding carboxylic acids is 1. The molecule has 128 valence electrons. The summed E-state index contributed by atoms with van der Waals surface area (Å²) in [7, 11) is 0. The van der Waals surface area contributed by atoms with Crippen molar-refractivity contribution in [2.45, 2.75) is 77.7 Å².